The lowest BCUT2D eigenvalue weighted by Gasteiger charge is -2.45. The third-order valence-electron chi connectivity index (χ3n) is 9.43. The number of thiazole rings is 1. The standard InChI is InChI=1S/C30H32ClF2N7OS/c31-19-12-18-25(24(33)23(19)17-6-7-20(32)27-26(17)36-29(34)42-27)37-30(38-28(18)40-13-15-4-5-16(14-40)35-15)41-22-9-8-21(22)39-10-2-1-3-11-39/h6-7,12,15-16,21-22,35H,1-5,8-11,13-14H2,(H2,34,36)/t15?,16?,21-,22-/m0/s1. The monoisotopic (exact) mass is 611 g/mol. The molecule has 2 unspecified atom stereocenters. The Hall–Kier alpha value is -2.86. The van der Waals surface area contributed by atoms with Crippen LogP contribution in [-0.4, -0.2) is 70.3 Å². The summed E-state index contributed by atoms with van der Waals surface area (Å²) in [4.78, 5) is 18.6. The van der Waals surface area contributed by atoms with E-state index in [4.69, 9.17) is 27.1 Å². The van der Waals surface area contributed by atoms with Crippen LogP contribution in [-0.2, 0) is 0 Å². The maximum absolute atomic E-state index is 16.7. The zero-order valence-corrected chi connectivity index (χ0v) is 24.7. The number of benzene rings is 2. The van der Waals surface area contributed by atoms with Gasteiger partial charge in [0.1, 0.15) is 23.3 Å². The summed E-state index contributed by atoms with van der Waals surface area (Å²) in [7, 11) is 0. The molecule has 42 heavy (non-hydrogen) atoms. The van der Waals surface area contributed by atoms with Crippen LogP contribution in [0.4, 0.5) is 19.7 Å². The highest BCUT2D eigenvalue weighted by molar-refractivity contribution is 7.22. The molecule has 8 rings (SSSR count). The molecule has 4 aliphatic rings. The molecule has 2 aromatic heterocycles. The van der Waals surface area contributed by atoms with E-state index >= 15 is 4.39 Å². The molecule has 3 N–H and O–H groups in total. The van der Waals surface area contributed by atoms with Crippen molar-refractivity contribution in [3.05, 3.63) is 34.9 Å². The van der Waals surface area contributed by atoms with E-state index in [1.54, 1.807) is 6.07 Å². The zero-order chi connectivity index (χ0) is 28.5. The largest absolute Gasteiger partial charge is 0.458 e. The van der Waals surface area contributed by atoms with Crippen molar-refractivity contribution < 1.29 is 13.5 Å². The lowest BCUT2D eigenvalue weighted by atomic mass is 9.86. The second-order valence-corrected chi connectivity index (χ2v) is 13.5. The maximum atomic E-state index is 16.7. The minimum absolute atomic E-state index is 0.0304. The Morgan fingerprint density at radius 1 is 0.976 bits per heavy atom. The Morgan fingerprint density at radius 3 is 2.50 bits per heavy atom. The number of hydrogen-bond donors (Lipinski definition) is 2. The van der Waals surface area contributed by atoms with Gasteiger partial charge in [0.05, 0.1) is 15.2 Å². The second-order valence-electron chi connectivity index (χ2n) is 12.0. The number of piperazine rings is 1. The molecule has 2 bridgehead atoms. The molecule has 3 saturated heterocycles. The van der Waals surface area contributed by atoms with E-state index in [9.17, 15) is 4.39 Å². The number of halogens is 3. The Kier molecular flexibility index (Phi) is 6.62. The van der Waals surface area contributed by atoms with Crippen molar-refractivity contribution in [2.24, 2.45) is 0 Å². The van der Waals surface area contributed by atoms with E-state index in [-0.39, 0.29) is 43.6 Å². The Balaban J connectivity index is 1.25. The van der Waals surface area contributed by atoms with Crippen molar-refractivity contribution >= 4 is 55.0 Å². The molecular weight excluding hydrogens is 580 g/mol. The van der Waals surface area contributed by atoms with E-state index in [2.05, 4.69) is 25.1 Å². The number of aromatic nitrogens is 3. The summed E-state index contributed by atoms with van der Waals surface area (Å²) in [5.74, 6) is -0.431. The molecule has 4 aromatic rings. The molecule has 0 spiro atoms. The maximum Gasteiger partial charge on any atom is 0.319 e. The number of fused-ring (bicyclic) bond motifs is 4. The highest BCUT2D eigenvalue weighted by Gasteiger charge is 2.39. The average molecular weight is 612 g/mol. The third-order valence-corrected chi connectivity index (χ3v) is 10.6. The van der Waals surface area contributed by atoms with Crippen molar-refractivity contribution in [3.63, 3.8) is 0 Å². The van der Waals surface area contributed by atoms with E-state index in [0.29, 0.717) is 34.9 Å². The van der Waals surface area contributed by atoms with Gasteiger partial charge < -0.3 is 20.7 Å². The number of nitrogens with two attached hydrogens (primary N) is 1. The zero-order valence-electron chi connectivity index (χ0n) is 23.1. The van der Waals surface area contributed by atoms with Crippen LogP contribution >= 0.6 is 22.9 Å². The fraction of sp³-hybridized carbons (Fsp3) is 0.500. The Bertz CT molecular complexity index is 1680. The van der Waals surface area contributed by atoms with Gasteiger partial charge in [-0.1, -0.05) is 29.4 Å². The van der Waals surface area contributed by atoms with Gasteiger partial charge in [0.15, 0.2) is 10.9 Å². The number of nitrogens with one attached hydrogen (secondary N) is 1. The summed E-state index contributed by atoms with van der Waals surface area (Å²) in [6, 6.07) is 5.75. The van der Waals surface area contributed by atoms with Crippen molar-refractivity contribution in [1.29, 1.82) is 0 Å². The highest BCUT2D eigenvalue weighted by Crippen LogP contribution is 2.43. The van der Waals surface area contributed by atoms with E-state index in [0.717, 1.165) is 63.2 Å². The number of ether oxygens (including phenoxy) is 1. The van der Waals surface area contributed by atoms with Gasteiger partial charge >= 0.3 is 6.01 Å². The van der Waals surface area contributed by atoms with E-state index < -0.39 is 11.6 Å². The van der Waals surface area contributed by atoms with Crippen LogP contribution in [0.1, 0.15) is 44.9 Å². The fourth-order valence-corrected chi connectivity index (χ4v) is 8.31. The van der Waals surface area contributed by atoms with Gasteiger partial charge in [-0.15, -0.1) is 0 Å². The average Bonchev–Trinajstić information content (AvgIpc) is 3.54. The number of rotatable bonds is 5. The van der Waals surface area contributed by atoms with Gasteiger partial charge in [0.2, 0.25) is 0 Å². The molecular formula is C30H32ClF2N7OS. The number of piperidine rings is 1. The van der Waals surface area contributed by atoms with E-state index in [1.165, 1.54) is 31.4 Å². The fourth-order valence-electron chi connectivity index (χ4n) is 7.26. The predicted octanol–water partition coefficient (Wildman–Crippen LogP) is 5.76. The number of nitrogens with zero attached hydrogens (tertiary/aromatic N) is 5. The number of anilines is 2. The first kappa shape index (κ1) is 26.7. The van der Waals surface area contributed by atoms with Crippen molar-refractivity contribution in [2.75, 3.05) is 36.8 Å². The minimum atomic E-state index is -0.607. The van der Waals surface area contributed by atoms with Crippen molar-refractivity contribution in [1.82, 2.24) is 25.2 Å². The first-order valence-corrected chi connectivity index (χ1v) is 16.1. The Morgan fingerprint density at radius 2 is 1.76 bits per heavy atom. The topological polar surface area (TPSA) is 92.4 Å². The molecule has 0 amide bonds. The molecule has 1 aliphatic carbocycles. The summed E-state index contributed by atoms with van der Waals surface area (Å²) in [5, 5.41) is 4.57. The second kappa shape index (κ2) is 10.4. The molecule has 1 saturated carbocycles. The molecule has 4 fully saturated rings. The highest BCUT2D eigenvalue weighted by atomic mass is 35.5. The lowest BCUT2D eigenvalue weighted by molar-refractivity contribution is -0.0170. The van der Waals surface area contributed by atoms with Gasteiger partial charge in [-0.2, -0.15) is 9.97 Å². The quantitative estimate of drug-likeness (QED) is 0.294. The van der Waals surface area contributed by atoms with Gasteiger partial charge in [0, 0.05) is 47.7 Å². The molecule has 3 aliphatic heterocycles. The molecule has 12 heteroatoms. The van der Waals surface area contributed by atoms with Crippen LogP contribution in [0.2, 0.25) is 5.02 Å². The van der Waals surface area contributed by atoms with Crippen LogP contribution in [0.5, 0.6) is 6.01 Å². The molecule has 4 atom stereocenters. The first-order chi connectivity index (χ1) is 20.4. The van der Waals surface area contributed by atoms with Gasteiger partial charge in [0.25, 0.3) is 0 Å². The van der Waals surface area contributed by atoms with Crippen molar-refractivity contribution in [2.45, 2.75) is 69.2 Å². The van der Waals surface area contributed by atoms with Crippen LogP contribution in [0.3, 0.4) is 0 Å². The number of likely N-dealkylation sites (tertiary alicyclic amines) is 1. The molecule has 8 nitrogen and oxygen atoms in total. The van der Waals surface area contributed by atoms with Crippen LogP contribution in [0, 0.1) is 11.6 Å². The van der Waals surface area contributed by atoms with Crippen molar-refractivity contribution in [3.8, 4) is 17.1 Å². The minimum Gasteiger partial charge on any atom is -0.458 e. The SMILES string of the molecule is Nc1nc2c(-c3c(Cl)cc4c(N5CC6CCC(C5)N6)nc(O[C@H]5CC[C@@H]5N5CCCCC5)nc4c3F)ccc(F)c2s1. The van der Waals surface area contributed by atoms with Gasteiger partial charge in [-0.3, -0.25) is 4.90 Å². The van der Waals surface area contributed by atoms with Crippen LogP contribution in [0.15, 0.2) is 18.2 Å². The smallest absolute Gasteiger partial charge is 0.319 e. The van der Waals surface area contributed by atoms with Crippen LogP contribution in [0.25, 0.3) is 32.2 Å². The van der Waals surface area contributed by atoms with Gasteiger partial charge in [-0.25, -0.2) is 13.8 Å². The first-order valence-electron chi connectivity index (χ1n) is 14.9. The third kappa shape index (κ3) is 4.47. The van der Waals surface area contributed by atoms with E-state index in [1.807, 2.05) is 0 Å². The number of hydrogen-bond acceptors (Lipinski definition) is 9. The molecule has 0 radical (unpaired) electrons. The lowest BCUT2D eigenvalue weighted by Crippen LogP contribution is -2.54. The predicted molar refractivity (Wildman–Crippen MR) is 163 cm³/mol. The molecule has 220 valence electrons. The normalized spacial score (nSPS) is 26.2. The van der Waals surface area contributed by atoms with Crippen LogP contribution < -0.4 is 20.7 Å². The molecule has 5 heterocycles. The summed E-state index contributed by atoms with van der Waals surface area (Å²) in [6.07, 6.45) is 7.87. The molecule has 2 aromatic carbocycles. The summed E-state index contributed by atoms with van der Waals surface area (Å²) in [6.45, 7) is 3.70. The van der Waals surface area contributed by atoms with Gasteiger partial charge in [-0.05, 0) is 69.8 Å². The Labute approximate surface area is 251 Å². The summed E-state index contributed by atoms with van der Waals surface area (Å²) in [5.41, 5.74) is 6.82. The summed E-state index contributed by atoms with van der Waals surface area (Å²) < 4.78 is 38.0. The number of nitrogen functional groups attached to an aromatic ring is 1. The summed E-state index contributed by atoms with van der Waals surface area (Å²) >= 11 is 7.84.